The highest BCUT2D eigenvalue weighted by atomic mass is 14.7. The third-order valence-electron chi connectivity index (χ3n) is 11.4. The molecule has 0 saturated carbocycles. The molecule has 0 atom stereocenters. The first-order chi connectivity index (χ1) is 24.6. The van der Waals surface area contributed by atoms with Gasteiger partial charge in [0.15, 0.2) is 0 Å². The topological polar surface area (TPSA) is 38.4 Å². The molecule has 0 heterocycles. The summed E-state index contributed by atoms with van der Waals surface area (Å²) in [6, 6.07) is 47.6. The number of benzene rings is 6. The van der Waals surface area contributed by atoms with Gasteiger partial charge >= 0.3 is 0 Å². The molecule has 2 aliphatic carbocycles. The highest BCUT2D eigenvalue weighted by molar-refractivity contribution is 5.96. The molecule has 0 aromatic heterocycles. The van der Waals surface area contributed by atoms with Crippen LogP contribution in [0.4, 0.5) is 0 Å². The molecule has 0 bridgehead atoms. The summed E-state index contributed by atoms with van der Waals surface area (Å²) >= 11 is 0. The number of hydrogen-bond acceptors (Lipinski definition) is 2. The van der Waals surface area contributed by atoms with E-state index in [1.165, 1.54) is 66.8 Å². The number of hydrogen-bond donors (Lipinski definition) is 1. The Balaban J connectivity index is 1.36. The van der Waals surface area contributed by atoms with Gasteiger partial charge in [-0.15, -0.1) is 0 Å². The summed E-state index contributed by atoms with van der Waals surface area (Å²) < 4.78 is 0. The van der Waals surface area contributed by atoms with Crippen molar-refractivity contribution in [2.75, 3.05) is 0 Å². The zero-order chi connectivity index (χ0) is 35.5. The van der Waals surface area contributed by atoms with Crippen LogP contribution in [0.5, 0.6) is 0 Å². The van der Waals surface area contributed by atoms with E-state index in [-0.39, 0.29) is 10.8 Å². The Kier molecular flexibility index (Phi) is 7.80. The fourth-order valence-corrected chi connectivity index (χ4v) is 8.92. The van der Waals surface area contributed by atoms with E-state index < -0.39 is 0 Å². The summed E-state index contributed by atoms with van der Waals surface area (Å²) in [6.07, 6.45) is 2.56. The molecular formula is C49H44N2. The normalized spacial score (nSPS) is 15.2. The third-order valence-corrected chi connectivity index (χ3v) is 11.4. The van der Waals surface area contributed by atoms with Crippen molar-refractivity contribution in [3.8, 4) is 33.4 Å². The Morgan fingerprint density at radius 1 is 0.569 bits per heavy atom. The van der Waals surface area contributed by atoms with Crippen molar-refractivity contribution < 1.29 is 0 Å². The van der Waals surface area contributed by atoms with Gasteiger partial charge in [0.05, 0.1) is 5.70 Å². The minimum atomic E-state index is -0.213. The zero-order valence-corrected chi connectivity index (χ0v) is 30.2. The van der Waals surface area contributed by atoms with Gasteiger partial charge in [0.1, 0.15) is 0 Å². The van der Waals surface area contributed by atoms with Crippen LogP contribution in [0.3, 0.4) is 0 Å². The highest BCUT2D eigenvalue weighted by Gasteiger charge is 2.40. The van der Waals surface area contributed by atoms with E-state index in [4.69, 9.17) is 10.7 Å². The summed E-state index contributed by atoms with van der Waals surface area (Å²) in [5.74, 6) is 0. The fraction of sp³-hybridized carbons (Fsp3) is 0.163. The Hall–Kier alpha value is -5.73. The number of rotatable bonds is 7. The summed E-state index contributed by atoms with van der Waals surface area (Å²) in [7, 11) is 0. The molecule has 2 aliphatic rings. The molecule has 250 valence electrons. The lowest BCUT2D eigenvalue weighted by Crippen LogP contribution is -2.19. The van der Waals surface area contributed by atoms with Gasteiger partial charge in [0, 0.05) is 29.2 Å². The molecule has 2 nitrogen and oxygen atoms in total. The molecule has 6 aromatic carbocycles. The Morgan fingerprint density at radius 2 is 1.04 bits per heavy atom. The molecule has 2 heteroatoms. The van der Waals surface area contributed by atoms with Crippen molar-refractivity contribution in [1.29, 1.82) is 0 Å². The SMILES string of the molecule is C=C(N=C/C(Cc1c(-c2ccc3c(c2C)C(C)(C)c2ccccc2-3)ccc2c1C(C)(C)c1ccccc1-2)=C(\N)c1ccccc1)c1ccccc1. The molecule has 0 amide bonds. The lowest BCUT2D eigenvalue weighted by molar-refractivity contribution is 0.653. The maximum atomic E-state index is 7.14. The average molecular weight is 661 g/mol. The number of allylic oxidation sites excluding steroid dienone is 1. The summed E-state index contributed by atoms with van der Waals surface area (Å²) in [5.41, 5.74) is 27.1. The minimum Gasteiger partial charge on any atom is -0.398 e. The van der Waals surface area contributed by atoms with E-state index in [1.54, 1.807) is 0 Å². The van der Waals surface area contributed by atoms with Crippen LogP contribution in [0.2, 0.25) is 0 Å². The highest BCUT2D eigenvalue weighted by Crippen LogP contribution is 2.55. The maximum absolute atomic E-state index is 7.14. The van der Waals surface area contributed by atoms with Gasteiger partial charge in [-0.2, -0.15) is 0 Å². The lowest BCUT2D eigenvalue weighted by Gasteiger charge is -2.28. The molecule has 8 rings (SSSR count). The van der Waals surface area contributed by atoms with Crippen molar-refractivity contribution >= 4 is 17.6 Å². The van der Waals surface area contributed by atoms with E-state index in [1.807, 2.05) is 54.7 Å². The summed E-state index contributed by atoms with van der Waals surface area (Å²) in [4.78, 5) is 4.96. The minimum absolute atomic E-state index is 0.105. The first-order valence-electron chi connectivity index (χ1n) is 17.9. The van der Waals surface area contributed by atoms with E-state index in [9.17, 15) is 0 Å². The summed E-state index contributed by atoms with van der Waals surface area (Å²) in [5, 5.41) is 0. The maximum Gasteiger partial charge on any atom is 0.0630 e. The van der Waals surface area contributed by atoms with E-state index in [0.29, 0.717) is 12.1 Å². The molecule has 0 aliphatic heterocycles. The van der Waals surface area contributed by atoms with Crippen LogP contribution in [-0.2, 0) is 17.3 Å². The standard InChI is InChI=1S/C49H44N2/c1-31-36(25-27-40-38-21-13-15-23-43(38)48(3,4)45(31)40)37-26-28-41-39-22-14-16-24-44(39)49(5,6)46(41)42(37)29-35(47(50)34-19-11-8-12-20-34)30-51-32(2)33-17-9-7-10-18-33/h7-28,30H,2,29,50H2,1,3-6H3/b47-35-,51-30?. The van der Waals surface area contributed by atoms with E-state index >= 15 is 0 Å². The smallest absolute Gasteiger partial charge is 0.0630 e. The van der Waals surface area contributed by atoms with Crippen molar-refractivity contribution in [1.82, 2.24) is 0 Å². The third kappa shape index (κ3) is 5.21. The van der Waals surface area contributed by atoms with Crippen LogP contribution in [0.1, 0.15) is 72.2 Å². The number of fused-ring (bicyclic) bond motifs is 6. The zero-order valence-electron chi connectivity index (χ0n) is 30.2. The van der Waals surface area contributed by atoms with E-state index in [2.05, 4.69) is 126 Å². The van der Waals surface area contributed by atoms with Crippen LogP contribution < -0.4 is 5.73 Å². The van der Waals surface area contributed by atoms with E-state index in [0.717, 1.165) is 22.4 Å². The van der Waals surface area contributed by atoms with Crippen LogP contribution in [0, 0.1) is 6.92 Å². The second kappa shape index (κ2) is 12.2. The van der Waals surface area contributed by atoms with Gasteiger partial charge in [-0.3, -0.25) is 4.99 Å². The Bertz CT molecular complexity index is 2410. The Morgan fingerprint density at radius 3 is 1.65 bits per heavy atom. The molecule has 51 heavy (non-hydrogen) atoms. The molecule has 0 unspecified atom stereocenters. The quantitative estimate of drug-likeness (QED) is 0.170. The lowest BCUT2D eigenvalue weighted by atomic mass is 9.75. The summed E-state index contributed by atoms with van der Waals surface area (Å²) in [6.45, 7) is 16.1. The van der Waals surface area contributed by atoms with Crippen molar-refractivity contribution in [2.24, 2.45) is 10.7 Å². The average Bonchev–Trinajstić information content (AvgIpc) is 3.54. The molecule has 0 spiro atoms. The Labute approximate surface area is 302 Å². The second-order valence-corrected chi connectivity index (χ2v) is 15.1. The van der Waals surface area contributed by atoms with Crippen LogP contribution in [0.15, 0.2) is 151 Å². The van der Waals surface area contributed by atoms with Gasteiger partial charge in [-0.05, 0) is 90.4 Å². The second-order valence-electron chi connectivity index (χ2n) is 15.1. The fourth-order valence-electron chi connectivity index (χ4n) is 8.92. The number of nitrogens with zero attached hydrogens (tertiary/aromatic N) is 1. The van der Waals surface area contributed by atoms with Crippen molar-refractivity contribution in [2.45, 2.75) is 51.9 Å². The van der Waals surface area contributed by atoms with Gasteiger partial charge in [-0.1, -0.05) is 168 Å². The molecule has 6 aromatic rings. The predicted octanol–water partition coefficient (Wildman–Crippen LogP) is 11.9. The molecule has 2 N–H and O–H groups in total. The van der Waals surface area contributed by atoms with Gasteiger partial charge in [0.25, 0.3) is 0 Å². The van der Waals surface area contributed by atoms with Gasteiger partial charge in [-0.25, -0.2) is 0 Å². The van der Waals surface area contributed by atoms with Gasteiger partial charge < -0.3 is 5.73 Å². The molecule has 0 saturated heterocycles. The first-order valence-corrected chi connectivity index (χ1v) is 17.9. The predicted molar refractivity (Wildman–Crippen MR) is 217 cm³/mol. The van der Waals surface area contributed by atoms with Crippen LogP contribution in [-0.4, -0.2) is 6.21 Å². The van der Waals surface area contributed by atoms with Crippen LogP contribution >= 0.6 is 0 Å². The first kappa shape index (κ1) is 32.5. The van der Waals surface area contributed by atoms with Gasteiger partial charge in [0.2, 0.25) is 0 Å². The largest absolute Gasteiger partial charge is 0.398 e. The van der Waals surface area contributed by atoms with Crippen molar-refractivity contribution in [3.05, 3.63) is 190 Å². The molecule has 0 fully saturated rings. The monoisotopic (exact) mass is 660 g/mol. The number of nitrogens with two attached hydrogens (primary N) is 1. The van der Waals surface area contributed by atoms with Crippen molar-refractivity contribution in [3.63, 3.8) is 0 Å². The molecule has 0 radical (unpaired) electrons. The molecular weight excluding hydrogens is 617 g/mol. The van der Waals surface area contributed by atoms with Crippen LogP contribution in [0.25, 0.3) is 44.8 Å². The number of aliphatic imine (C=N–C) groups is 1.